The summed E-state index contributed by atoms with van der Waals surface area (Å²) >= 11 is 0. The van der Waals surface area contributed by atoms with Crippen molar-refractivity contribution in [3.63, 3.8) is 0 Å². The molecule has 0 aliphatic heterocycles. The molecule has 0 radical (unpaired) electrons. The molecule has 0 aliphatic rings. The minimum atomic E-state index is -5.71. The summed E-state index contributed by atoms with van der Waals surface area (Å²) in [5.74, 6) is -0.972. The summed E-state index contributed by atoms with van der Waals surface area (Å²) in [4.78, 5) is 2.73. The van der Waals surface area contributed by atoms with Crippen molar-refractivity contribution in [3.8, 4) is 17.6 Å². The lowest BCUT2D eigenvalue weighted by atomic mass is 10.1. The average Bonchev–Trinajstić information content (AvgIpc) is 2.71. The third-order valence-corrected chi connectivity index (χ3v) is 5.61. The molecule has 0 amide bonds. The van der Waals surface area contributed by atoms with Crippen LogP contribution in [0.3, 0.4) is 0 Å². The van der Waals surface area contributed by atoms with Crippen molar-refractivity contribution >= 4 is 21.8 Å². The maximum absolute atomic E-state index is 13.7. The van der Waals surface area contributed by atoms with E-state index in [2.05, 4.69) is 11.6 Å². The lowest BCUT2D eigenvalue weighted by Gasteiger charge is -2.16. The molecule has 0 bridgehead atoms. The molecular formula is C21H16F4N2O4S. The molecule has 6 nitrogen and oxygen atoms in total. The molecule has 0 atom stereocenters. The van der Waals surface area contributed by atoms with Gasteiger partial charge in [0.25, 0.3) is 9.84 Å². The molecule has 0 fully saturated rings. The van der Waals surface area contributed by atoms with Crippen LogP contribution in [0.4, 0.5) is 17.6 Å². The zero-order chi connectivity index (χ0) is 24.1. The van der Waals surface area contributed by atoms with Crippen LogP contribution in [-0.4, -0.2) is 26.9 Å². The topological polar surface area (TPSA) is 88.8 Å². The molecule has 0 aliphatic carbocycles. The van der Waals surface area contributed by atoms with E-state index in [1.165, 1.54) is 20.0 Å². The van der Waals surface area contributed by atoms with Gasteiger partial charge >= 0.3 is 5.51 Å². The van der Waals surface area contributed by atoms with E-state index in [1.54, 1.807) is 6.07 Å². The number of hydrogen-bond acceptors (Lipinski definition) is 6. The van der Waals surface area contributed by atoms with Gasteiger partial charge in [-0.1, -0.05) is 6.58 Å². The number of alkyl halides is 3. The van der Waals surface area contributed by atoms with Crippen LogP contribution < -0.4 is 4.74 Å². The number of hydrogen-bond donors (Lipinski definition) is 0. The second kappa shape index (κ2) is 9.65. The molecule has 11 heteroatoms. The van der Waals surface area contributed by atoms with Crippen molar-refractivity contribution in [1.29, 1.82) is 5.26 Å². The second-order valence-corrected chi connectivity index (χ2v) is 8.03. The highest BCUT2D eigenvalue weighted by Gasteiger charge is 2.48. The quantitative estimate of drug-likeness (QED) is 0.249. The van der Waals surface area contributed by atoms with Gasteiger partial charge in [0.1, 0.15) is 17.3 Å². The zero-order valence-corrected chi connectivity index (χ0v) is 17.6. The normalized spacial score (nSPS) is 12.5. The van der Waals surface area contributed by atoms with E-state index in [0.29, 0.717) is 0 Å². The Morgan fingerprint density at radius 1 is 1.25 bits per heavy atom. The molecule has 2 aromatic rings. The SMILES string of the molecule is C=COC(/C=C/c1c(S(=O)(=O)C(F)(F)F)ccc(Oc2cc(F)cc(C#N)c2)c1C)=NC. The summed E-state index contributed by atoms with van der Waals surface area (Å²) < 4.78 is 88.0. The van der Waals surface area contributed by atoms with E-state index in [1.807, 2.05) is 0 Å². The van der Waals surface area contributed by atoms with Crippen LogP contribution in [0.25, 0.3) is 6.08 Å². The Labute approximate surface area is 181 Å². The molecule has 168 valence electrons. The molecule has 2 rings (SSSR count). The average molecular weight is 468 g/mol. The number of nitrogens with zero attached hydrogens (tertiary/aromatic N) is 2. The van der Waals surface area contributed by atoms with Gasteiger partial charge in [-0.15, -0.1) is 0 Å². The smallest absolute Gasteiger partial charge is 0.457 e. The summed E-state index contributed by atoms with van der Waals surface area (Å²) in [6, 6.07) is 6.64. The summed E-state index contributed by atoms with van der Waals surface area (Å²) in [7, 11) is -4.37. The second-order valence-electron chi connectivity index (χ2n) is 6.12. The Morgan fingerprint density at radius 2 is 1.94 bits per heavy atom. The number of rotatable bonds is 6. The monoisotopic (exact) mass is 468 g/mol. The predicted molar refractivity (Wildman–Crippen MR) is 109 cm³/mol. The van der Waals surface area contributed by atoms with Gasteiger partial charge in [-0.25, -0.2) is 12.8 Å². The van der Waals surface area contributed by atoms with Crippen LogP contribution in [0.15, 0.2) is 59.1 Å². The Hall–Kier alpha value is -3.65. The van der Waals surface area contributed by atoms with Crippen LogP contribution in [0.2, 0.25) is 0 Å². The highest BCUT2D eigenvalue weighted by atomic mass is 32.2. The molecular weight excluding hydrogens is 452 g/mol. The van der Waals surface area contributed by atoms with Crippen molar-refractivity contribution in [2.75, 3.05) is 7.05 Å². The van der Waals surface area contributed by atoms with Gasteiger partial charge in [-0.2, -0.15) is 18.4 Å². The molecule has 0 spiro atoms. The lowest BCUT2D eigenvalue weighted by Crippen LogP contribution is -2.24. The first kappa shape index (κ1) is 24.6. The predicted octanol–water partition coefficient (Wildman–Crippen LogP) is 5.29. The number of benzene rings is 2. The first-order valence-corrected chi connectivity index (χ1v) is 10.2. The number of ether oxygens (including phenoxy) is 2. The number of nitriles is 1. The van der Waals surface area contributed by atoms with E-state index in [-0.39, 0.29) is 34.1 Å². The molecule has 0 heterocycles. The third-order valence-electron chi connectivity index (χ3n) is 4.06. The van der Waals surface area contributed by atoms with E-state index in [9.17, 15) is 26.0 Å². The summed E-state index contributed by atoms with van der Waals surface area (Å²) in [6.45, 7) is 4.66. The first-order valence-electron chi connectivity index (χ1n) is 8.70. The Balaban J connectivity index is 2.68. The van der Waals surface area contributed by atoms with Crippen LogP contribution in [0.1, 0.15) is 16.7 Å². The molecule has 0 N–H and O–H groups in total. The fourth-order valence-corrected chi connectivity index (χ4v) is 3.59. The number of aliphatic imine (C=N–C) groups is 1. The van der Waals surface area contributed by atoms with Crippen molar-refractivity contribution in [3.05, 3.63) is 71.8 Å². The minimum Gasteiger partial charge on any atom is -0.457 e. The molecule has 2 aromatic carbocycles. The Morgan fingerprint density at radius 3 is 2.50 bits per heavy atom. The standard InChI is InChI=1S/C21H16F4N2O4S/c1-4-30-20(27-3)8-5-17-13(2)18(6-7-19(17)32(28,29)21(23,24)25)31-16-10-14(12-26)9-15(22)11-16/h4-11H,1H2,2-3H3/b8-5+,27-20?. The summed E-state index contributed by atoms with van der Waals surface area (Å²) in [5.41, 5.74) is -5.93. The van der Waals surface area contributed by atoms with Gasteiger partial charge in [0, 0.05) is 30.3 Å². The van der Waals surface area contributed by atoms with Gasteiger partial charge in [-0.05, 0) is 37.3 Å². The lowest BCUT2D eigenvalue weighted by molar-refractivity contribution is -0.0436. The Kier molecular flexibility index (Phi) is 7.43. The van der Waals surface area contributed by atoms with E-state index in [0.717, 1.165) is 42.7 Å². The molecule has 0 unspecified atom stereocenters. The highest BCUT2D eigenvalue weighted by Crippen LogP contribution is 2.38. The zero-order valence-electron chi connectivity index (χ0n) is 16.8. The van der Waals surface area contributed by atoms with Gasteiger partial charge in [-0.3, -0.25) is 4.99 Å². The number of sulfone groups is 1. The molecule has 0 saturated heterocycles. The van der Waals surface area contributed by atoms with Crippen molar-refractivity contribution < 1.29 is 35.5 Å². The maximum atomic E-state index is 13.7. The van der Waals surface area contributed by atoms with Crippen LogP contribution in [0, 0.1) is 24.1 Å². The summed E-state index contributed by atoms with van der Waals surface area (Å²) in [5, 5.41) is 8.96. The van der Waals surface area contributed by atoms with Crippen LogP contribution >= 0.6 is 0 Å². The molecule has 0 saturated carbocycles. The minimum absolute atomic E-state index is 0.00315. The van der Waals surface area contributed by atoms with Gasteiger partial charge in [0.15, 0.2) is 0 Å². The van der Waals surface area contributed by atoms with Crippen molar-refractivity contribution in [2.24, 2.45) is 4.99 Å². The molecule has 0 aromatic heterocycles. The fourth-order valence-electron chi connectivity index (χ4n) is 2.58. The Bertz CT molecular complexity index is 1240. The summed E-state index contributed by atoms with van der Waals surface area (Å²) in [6.07, 6.45) is 3.25. The first-order chi connectivity index (χ1) is 14.9. The highest BCUT2D eigenvalue weighted by molar-refractivity contribution is 7.92. The fraction of sp³-hybridized carbons (Fsp3) is 0.143. The van der Waals surface area contributed by atoms with Gasteiger partial charge in [0.05, 0.1) is 22.8 Å². The van der Waals surface area contributed by atoms with Crippen molar-refractivity contribution in [1.82, 2.24) is 0 Å². The third kappa shape index (κ3) is 5.33. The van der Waals surface area contributed by atoms with Crippen molar-refractivity contribution in [2.45, 2.75) is 17.3 Å². The molecule has 32 heavy (non-hydrogen) atoms. The number of halogens is 4. The van der Waals surface area contributed by atoms with Crippen LogP contribution in [-0.2, 0) is 14.6 Å². The van der Waals surface area contributed by atoms with Gasteiger partial charge in [0.2, 0.25) is 5.90 Å². The van der Waals surface area contributed by atoms with Gasteiger partial charge < -0.3 is 9.47 Å². The van der Waals surface area contributed by atoms with E-state index in [4.69, 9.17) is 14.7 Å². The largest absolute Gasteiger partial charge is 0.501 e. The van der Waals surface area contributed by atoms with Crippen LogP contribution in [0.5, 0.6) is 11.5 Å². The van der Waals surface area contributed by atoms with E-state index < -0.39 is 26.1 Å². The maximum Gasteiger partial charge on any atom is 0.501 e. The van der Waals surface area contributed by atoms with E-state index >= 15 is 0 Å².